The first kappa shape index (κ1) is 15.9. The SMILES string of the molecule is CCCOC(=O)C1=C(C)NC(=O)NC1c1ccccc1OC. The Hall–Kier alpha value is -2.50. The van der Waals surface area contributed by atoms with Gasteiger partial charge in [-0.15, -0.1) is 0 Å². The van der Waals surface area contributed by atoms with Crippen molar-refractivity contribution in [3.8, 4) is 5.75 Å². The Morgan fingerprint density at radius 1 is 1.32 bits per heavy atom. The van der Waals surface area contributed by atoms with E-state index in [0.717, 1.165) is 6.42 Å². The number of urea groups is 1. The van der Waals surface area contributed by atoms with E-state index in [0.29, 0.717) is 29.2 Å². The van der Waals surface area contributed by atoms with E-state index in [1.54, 1.807) is 20.1 Å². The van der Waals surface area contributed by atoms with Gasteiger partial charge < -0.3 is 20.1 Å². The summed E-state index contributed by atoms with van der Waals surface area (Å²) in [4.78, 5) is 24.1. The van der Waals surface area contributed by atoms with E-state index in [-0.39, 0.29) is 6.03 Å². The van der Waals surface area contributed by atoms with Crippen molar-refractivity contribution >= 4 is 12.0 Å². The molecule has 22 heavy (non-hydrogen) atoms. The highest BCUT2D eigenvalue weighted by molar-refractivity contribution is 5.95. The number of hydrogen-bond donors (Lipinski definition) is 2. The van der Waals surface area contributed by atoms with Gasteiger partial charge in [0.15, 0.2) is 0 Å². The molecule has 1 atom stereocenters. The molecule has 0 aromatic heterocycles. The first-order valence-electron chi connectivity index (χ1n) is 7.16. The normalized spacial score (nSPS) is 17.6. The summed E-state index contributed by atoms with van der Waals surface area (Å²) in [6.07, 6.45) is 0.733. The van der Waals surface area contributed by atoms with Crippen LogP contribution in [0.3, 0.4) is 0 Å². The van der Waals surface area contributed by atoms with Gasteiger partial charge in [0, 0.05) is 11.3 Å². The first-order valence-corrected chi connectivity index (χ1v) is 7.16. The number of hydrogen-bond acceptors (Lipinski definition) is 4. The maximum atomic E-state index is 12.3. The van der Waals surface area contributed by atoms with Gasteiger partial charge in [0.05, 0.1) is 25.3 Å². The van der Waals surface area contributed by atoms with Gasteiger partial charge in [0.25, 0.3) is 0 Å². The molecule has 2 N–H and O–H groups in total. The Morgan fingerprint density at radius 2 is 2.05 bits per heavy atom. The molecular formula is C16H20N2O4. The summed E-state index contributed by atoms with van der Waals surface area (Å²) in [6.45, 7) is 3.94. The lowest BCUT2D eigenvalue weighted by Gasteiger charge is -2.29. The standard InChI is InChI=1S/C16H20N2O4/c1-4-9-22-15(19)13-10(2)17-16(20)18-14(13)11-7-5-6-8-12(11)21-3/h5-8,14H,4,9H2,1-3H3,(H2,17,18,20). The number of nitrogens with one attached hydrogen (secondary N) is 2. The Balaban J connectivity index is 2.43. The van der Waals surface area contributed by atoms with Gasteiger partial charge in [-0.3, -0.25) is 0 Å². The topological polar surface area (TPSA) is 76.7 Å². The predicted molar refractivity (Wildman–Crippen MR) is 81.4 cm³/mol. The molecule has 0 saturated carbocycles. The molecule has 2 rings (SSSR count). The zero-order valence-electron chi connectivity index (χ0n) is 12.9. The summed E-state index contributed by atoms with van der Waals surface area (Å²) in [6, 6.07) is 6.30. The second-order valence-electron chi connectivity index (χ2n) is 4.95. The summed E-state index contributed by atoms with van der Waals surface area (Å²) in [7, 11) is 1.55. The largest absolute Gasteiger partial charge is 0.496 e. The Morgan fingerprint density at radius 3 is 2.73 bits per heavy atom. The molecule has 0 radical (unpaired) electrons. The van der Waals surface area contributed by atoms with E-state index in [9.17, 15) is 9.59 Å². The molecule has 1 aliphatic heterocycles. The Bertz CT molecular complexity index is 610. The van der Waals surface area contributed by atoms with E-state index < -0.39 is 12.0 Å². The highest BCUT2D eigenvalue weighted by Gasteiger charge is 2.33. The molecule has 0 saturated heterocycles. The molecule has 0 fully saturated rings. The summed E-state index contributed by atoms with van der Waals surface area (Å²) in [5, 5.41) is 5.37. The van der Waals surface area contributed by atoms with E-state index in [1.165, 1.54) is 0 Å². The van der Waals surface area contributed by atoms with E-state index in [4.69, 9.17) is 9.47 Å². The monoisotopic (exact) mass is 304 g/mol. The molecule has 1 aromatic rings. The molecular weight excluding hydrogens is 284 g/mol. The molecule has 0 aliphatic carbocycles. The van der Waals surface area contributed by atoms with Crippen molar-refractivity contribution < 1.29 is 19.1 Å². The number of carbonyl (C=O) groups is 2. The lowest BCUT2D eigenvalue weighted by molar-refractivity contribution is -0.139. The van der Waals surface area contributed by atoms with Crippen molar-refractivity contribution in [1.82, 2.24) is 10.6 Å². The third-order valence-electron chi connectivity index (χ3n) is 3.38. The first-order chi connectivity index (χ1) is 10.6. The van der Waals surface area contributed by atoms with Crippen LogP contribution in [-0.2, 0) is 9.53 Å². The van der Waals surface area contributed by atoms with Crippen LogP contribution in [-0.4, -0.2) is 25.7 Å². The summed E-state index contributed by atoms with van der Waals surface area (Å²) in [5.41, 5.74) is 1.58. The maximum Gasteiger partial charge on any atom is 0.338 e. The number of allylic oxidation sites excluding steroid dienone is 1. The van der Waals surface area contributed by atoms with Crippen molar-refractivity contribution in [2.75, 3.05) is 13.7 Å². The average Bonchev–Trinajstić information content (AvgIpc) is 2.51. The fourth-order valence-corrected chi connectivity index (χ4v) is 2.38. The van der Waals surface area contributed by atoms with Crippen LogP contribution < -0.4 is 15.4 Å². The summed E-state index contributed by atoms with van der Waals surface area (Å²) < 4.78 is 10.6. The Kier molecular flexibility index (Phi) is 5.04. The molecule has 1 unspecified atom stereocenters. The van der Waals surface area contributed by atoms with Crippen LogP contribution in [0.4, 0.5) is 4.79 Å². The number of methoxy groups -OCH3 is 1. The van der Waals surface area contributed by atoms with Gasteiger partial charge in [-0.25, -0.2) is 9.59 Å². The number of esters is 1. The van der Waals surface area contributed by atoms with Gasteiger partial charge in [0.1, 0.15) is 5.75 Å². The minimum absolute atomic E-state index is 0.336. The van der Waals surface area contributed by atoms with E-state index in [2.05, 4.69) is 10.6 Å². The number of carbonyl (C=O) groups excluding carboxylic acids is 2. The number of ether oxygens (including phenoxy) is 2. The summed E-state index contributed by atoms with van der Waals surface area (Å²) in [5.74, 6) is 0.158. The number of amides is 2. The van der Waals surface area contributed by atoms with Crippen LogP contribution in [0.15, 0.2) is 35.5 Å². The van der Waals surface area contributed by atoms with Gasteiger partial charge in [-0.2, -0.15) is 0 Å². The van der Waals surface area contributed by atoms with Gasteiger partial charge >= 0.3 is 12.0 Å². The average molecular weight is 304 g/mol. The van der Waals surface area contributed by atoms with Gasteiger partial charge in [-0.05, 0) is 19.4 Å². The quantitative estimate of drug-likeness (QED) is 0.818. The molecule has 1 aliphatic rings. The number of para-hydroxylation sites is 1. The fourth-order valence-electron chi connectivity index (χ4n) is 2.38. The zero-order chi connectivity index (χ0) is 16.1. The van der Waals surface area contributed by atoms with Crippen LogP contribution in [0.5, 0.6) is 5.75 Å². The third-order valence-corrected chi connectivity index (χ3v) is 3.38. The second kappa shape index (κ2) is 6.98. The van der Waals surface area contributed by atoms with Gasteiger partial charge in [0.2, 0.25) is 0 Å². The molecule has 1 aromatic carbocycles. The smallest absolute Gasteiger partial charge is 0.338 e. The number of benzene rings is 1. The molecule has 6 nitrogen and oxygen atoms in total. The van der Waals surface area contributed by atoms with Crippen LogP contribution in [0.1, 0.15) is 31.9 Å². The highest BCUT2D eigenvalue weighted by Crippen LogP contribution is 2.33. The lowest BCUT2D eigenvalue weighted by Crippen LogP contribution is -2.45. The lowest BCUT2D eigenvalue weighted by atomic mass is 9.95. The molecule has 6 heteroatoms. The van der Waals surface area contributed by atoms with Gasteiger partial charge in [-0.1, -0.05) is 25.1 Å². The van der Waals surface area contributed by atoms with Crippen molar-refractivity contribution in [2.45, 2.75) is 26.3 Å². The zero-order valence-corrected chi connectivity index (χ0v) is 12.9. The Labute approximate surface area is 129 Å². The molecule has 118 valence electrons. The molecule has 1 heterocycles. The fraction of sp³-hybridized carbons (Fsp3) is 0.375. The molecule has 2 amide bonds. The minimum Gasteiger partial charge on any atom is -0.496 e. The van der Waals surface area contributed by atoms with Crippen molar-refractivity contribution in [2.24, 2.45) is 0 Å². The van der Waals surface area contributed by atoms with Crippen molar-refractivity contribution in [3.05, 3.63) is 41.1 Å². The second-order valence-corrected chi connectivity index (χ2v) is 4.95. The minimum atomic E-state index is -0.603. The molecule has 0 bridgehead atoms. The number of rotatable bonds is 5. The van der Waals surface area contributed by atoms with Crippen LogP contribution in [0, 0.1) is 0 Å². The summed E-state index contributed by atoms with van der Waals surface area (Å²) >= 11 is 0. The highest BCUT2D eigenvalue weighted by atomic mass is 16.5. The van der Waals surface area contributed by atoms with Crippen molar-refractivity contribution in [1.29, 1.82) is 0 Å². The van der Waals surface area contributed by atoms with E-state index >= 15 is 0 Å². The van der Waals surface area contributed by atoms with Crippen LogP contribution in [0.2, 0.25) is 0 Å². The maximum absolute atomic E-state index is 12.3. The third kappa shape index (κ3) is 3.21. The van der Waals surface area contributed by atoms with Crippen LogP contribution in [0.25, 0.3) is 0 Å². The van der Waals surface area contributed by atoms with E-state index in [1.807, 2.05) is 25.1 Å². The molecule has 0 spiro atoms. The van der Waals surface area contributed by atoms with Crippen molar-refractivity contribution in [3.63, 3.8) is 0 Å². The predicted octanol–water partition coefficient (Wildman–Crippen LogP) is 2.28. The van der Waals surface area contributed by atoms with Crippen LogP contribution >= 0.6 is 0 Å².